The lowest BCUT2D eigenvalue weighted by molar-refractivity contribution is -0.138. The number of amides is 2. The molecule has 10 nitrogen and oxygen atoms in total. The first-order valence-electron chi connectivity index (χ1n) is 15.4. The zero-order valence-corrected chi connectivity index (χ0v) is 24.8. The number of piperidine rings is 2. The van der Waals surface area contributed by atoms with Gasteiger partial charge in [0.1, 0.15) is 0 Å². The number of nitrogens with zero attached hydrogens (tertiary/aromatic N) is 5. The highest BCUT2D eigenvalue weighted by atomic mass is 16.5. The molecule has 0 bridgehead atoms. The van der Waals surface area contributed by atoms with Crippen LogP contribution in [0.3, 0.4) is 0 Å². The average Bonchev–Trinajstić information content (AvgIpc) is 3.50. The zero-order valence-electron chi connectivity index (χ0n) is 24.8. The first-order chi connectivity index (χ1) is 20.5. The molecule has 0 unspecified atom stereocenters. The predicted molar refractivity (Wildman–Crippen MR) is 160 cm³/mol. The van der Waals surface area contributed by atoms with E-state index in [9.17, 15) is 9.59 Å². The number of methoxy groups -OCH3 is 2. The van der Waals surface area contributed by atoms with Gasteiger partial charge in [-0.3, -0.25) is 9.59 Å². The van der Waals surface area contributed by atoms with Crippen molar-refractivity contribution in [3.63, 3.8) is 0 Å². The second kappa shape index (κ2) is 12.7. The summed E-state index contributed by atoms with van der Waals surface area (Å²) in [5.74, 6) is 1.41. The van der Waals surface area contributed by atoms with E-state index < -0.39 is 0 Å². The second-order valence-corrected chi connectivity index (χ2v) is 11.9. The number of ether oxygens (including phenoxy) is 2. The second-order valence-electron chi connectivity index (χ2n) is 11.9. The summed E-state index contributed by atoms with van der Waals surface area (Å²) in [7, 11) is 3.20. The molecule has 1 aromatic carbocycles. The summed E-state index contributed by atoms with van der Waals surface area (Å²) in [5.41, 5.74) is 2.57. The van der Waals surface area contributed by atoms with Crippen molar-refractivity contribution in [1.29, 1.82) is 0 Å². The van der Waals surface area contributed by atoms with Gasteiger partial charge in [-0.15, -0.1) is 0 Å². The van der Waals surface area contributed by atoms with E-state index in [1.807, 2.05) is 24.3 Å². The van der Waals surface area contributed by atoms with E-state index >= 15 is 0 Å². The molecule has 10 heteroatoms. The highest BCUT2D eigenvalue weighted by Gasteiger charge is 2.33. The van der Waals surface area contributed by atoms with Crippen LogP contribution >= 0.6 is 0 Å². The maximum absolute atomic E-state index is 13.3. The van der Waals surface area contributed by atoms with Crippen molar-refractivity contribution in [3.05, 3.63) is 42.2 Å². The lowest BCUT2D eigenvalue weighted by atomic mass is 9.84. The molecular formula is C32H42N6O4. The Kier molecular flexibility index (Phi) is 8.60. The van der Waals surface area contributed by atoms with Gasteiger partial charge in [-0.1, -0.05) is 6.42 Å². The van der Waals surface area contributed by atoms with Crippen LogP contribution in [0, 0.1) is 5.92 Å². The van der Waals surface area contributed by atoms with Crippen LogP contribution in [0.5, 0.6) is 11.5 Å². The summed E-state index contributed by atoms with van der Waals surface area (Å²) >= 11 is 0. The molecule has 0 atom stereocenters. The number of carbonyl (C=O) groups excluding carboxylic acids is 2. The van der Waals surface area contributed by atoms with Gasteiger partial charge in [-0.2, -0.15) is 5.10 Å². The smallest absolute Gasteiger partial charge is 0.272 e. The van der Waals surface area contributed by atoms with Crippen molar-refractivity contribution in [2.75, 3.05) is 40.4 Å². The van der Waals surface area contributed by atoms with E-state index in [4.69, 9.17) is 9.47 Å². The Morgan fingerprint density at radius 1 is 0.857 bits per heavy atom. The van der Waals surface area contributed by atoms with Gasteiger partial charge in [-0.05, 0) is 88.7 Å². The molecule has 4 heterocycles. The Balaban J connectivity index is 1.03. The van der Waals surface area contributed by atoms with Crippen LogP contribution in [0.2, 0.25) is 0 Å². The lowest BCUT2D eigenvalue weighted by Crippen LogP contribution is -2.50. The Hall–Kier alpha value is -3.66. The Morgan fingerprint density at radius 2 is 1.60 bits per heavy atom. The first-order valence-corrected chi connectivity index (χ1v) is 15.4. The lowest BCUT2D eigenvalue weighted by Gasteiger charge is -2.41. The van der Waals surface area contributed by atoms with Crippen molar-refractivity contribution in [3.8, 4) is 22.8 Å². The van der Waals surface area contributed by atoms with Crippen LogP contribution in [0.15, 0.2) is 36.5 Å². The molecule has 2 saturated heterocycles. The Labute approximate surface area is 247 Å². The molecule has 2 aliphatic heterocycles. The van der Waals surface area contributed by atoms with Crippen molar-refractivity contribution >= 4 is 17.5 Å². The maximum Gasteiger partial charge on any atom is 0.272 e. The third-order valence-corrected chi connectivity index (χ3v) is 9.36. The standard InChI is InChI=1S/C32H42N6O4/c1-41-28-11-8-23(20-29(28)42-2)27-12-15-33-30-21-26(35-38(27)30)31(39)34-24-9-6-22(7-10-24)32(40)37-18-13-25(14-19-37)36-16-4-3-5-17-36/h8,11-12,15,20-22,24-25H,3-7,9-10,13-14,16-19H2,1-2H3,(H,34,39). The quantitative estimate of drug-likeness (QED) is 0.452. The highest BCUT2D eigenvalue weighted by molar-refractivity contribution is 5.93. The van der Waals surface area contributed by atoms with E-state index in [0.29, 0.717) is 34.8 Å². The number of hydrogen-bond donors (Lipinski definition) is 1. The molecule has 0 spiro atoms. The Bertz CT molecular complexity index is 1400. The summed E-state index contributed by atoms with van der Waals surface area (Å²) in [6.45, 7) is 4.20. The van der Waals surface area contributed by atoms with Gasteiger partial charge in [0.25, 0.3) is 5.91 Å². The third-order valence-electron chi connectivity index (χ3n) is 9.36. The van der Waals surface area contributed by atoms with Crippen molar-refractivity contribution in [2.24, 2.45) is 5.92 Å². The number of hydrogen-bond acceptors (Lipinski definition) is 7. The number of carbonyl (C=O) groups is 2. The minimum absolute atomic E-state index is 0.0366. The number of rotatable bonds is 7. The van der Waals surface area contributed by atoms with Crippen LogP contribution in [0.25, 0.3) is 16.9 Å². The minimum atomic E-state index is -0.215. The number of nitrogens with one attached hydrogen (secondary N) is 1. The number of aromatic nitrogens is 3. The van der Waals surface area contributed by atoms with E-state index in [1.165, 1.54) is 32.4 Å². The fourth-order valence-corrected chi connectivity index (χ4v) is 6.96. The van der Waals surface area contributed by atoms with E-state index in [2.05, 4.69) is 25.2 Å². The summed E-state index contributed by atoms with van der Waals surface area (Å²) in [5, 5.41) is 7.76. The van der Waals surface area contributed by atoms with Crippen LogP contribution in [0.1, 0.15) is 68.3 Å². The van der Waals surface area contributed by atoms with E-state index in [0.717, 1.165) is 62.9 Å². The van der Waals surface area contributed by atoms with Gasteiger partial charge in [0, 0.05) is 48.9 Å². The SMILES string of the molecule is COc1ccc(-c2ccnc3cc(C(=O)NC4CCC(C(=O)N5CCC(N6CCCCC6)CC5)CC4)nn23)cc1OC. The van der Waals surface area contributed by atoms with E-state index in [-0.39, 0.29) is 17.9 Å². The third kappa shape index (κ3) is 5.95. The molecule has 0 radical (unpaired) electrons. The molecule has 3 aliphatic rings. The van der Waals surface area contributed by atoms with Crippen LogP contribution in [-0.2, 0) is 4.79 Å². The normalized spacial score (nSPS) is 22.2. The summed E-state index contributed by atoms with van der Waals surface area (Å²) < 4.78 is 12.5. The summed E-state index contributed by atoms with van der Waals surface area (Å²) in [6.07, 6.45) is 11.1. The Morgan fingerprint density at radius 3 is 2.31 bits per heavy atom. The summed E-state index contributed by atoms with van der Waals surface area (Å²) in [6, 6.07) is 9.90. The molecule has 3 fully saturated rings. The van der Waals surface area contributed by atoms with Gasteiger partial charge in [0.15, 0.2) is 22.8 Å². The average molecular weight is 575 g/mol. The van der Waals surface area contributed by atoms with Gasteiger partial charge in [0.05, 0.1) is 19.9 Å². The highest BCUT2D eigenvalue weighted by Crippen LogP contribution is 2.33. The predicted octanol–water partition coefficient (Wildman–Crippen LogP) is 4.18. The summed E-state index contributed by atoms with van der Waals surface area (Å²) in [4.78, 5) is 35.7. The van der Waals surface area contributed by atoms with Crippen molar-refractivity contribution < 1.29 is 19.1 Å². The molecule has 1 N–H and O–H groups in total. The largest absolute Gasteiger partial charge is 0.493 e. The molecule has 3 aromatic rings. The van der Waals surface area contributed by atoms with Gasteiger partial charge in [0.2, 0.25) is 5.91 Å². The van der Waals surface area contributed by atoms with Crippen molar-refractivity contribution in [1.82, 2.24) is 29.7 Å². The number of benzene rings is 1. The molecule has 2 aromatic heterocycles. The minimum Gasteiger partial charge on any atom is -0.493 e. The first kappa shape index (κ1) is 28.5. The topological polar surface area (TPSA) is 101 Å². The van der Waals surface area contributed by atoms with Crippen LogP contribution < -0.4 is 14.8 Å². The molecule has 1 saturated carbocycles. The molecule has 2 amide bonds. The number of likely N-dealkylation sites (tertiary alicyclic amines) is 2. The zero-order chi connectivity index (χ0) is 29.1. The van der Waals surface area contributed by atoms with Gasteiger partial charge >= 0.3 is 0 Å². The van der Waals surface area contributed by atoms with E-state index in [1.54, 1.807) is 31.0 Å². The molecule has 224 valence electrons. The fourth-order valence-electron chi connectivity index (χ4n) is 6.96. The van der Waals surface area contributed by atoms with Gasteiger partial charge < -0.3 is 24.6 Å². The molecule has 6 rings (SSSR count). The van der Waals surface area contributed by atoms with Crippen molar-refractivity contribution in [2.45, 2.75) is 69.9 Å². The molecule has 42 heavy (non-hydrogen) atoms. The molecular weight excluding hydrogens is 532 g/mol. The van der Waals surface area contributed by atoms with Crippen LogP contribution in [-0.4, -0.2) is 88.7 Å². The number of fused-ring (bicyclic) bond motifs is 1. The fraction of sp³-hybridized carbons (Fsp3) is 0.562. The van der Waals surface area contributed by atoms with Crippen LogP contribution in [0.4, 0.5) is 0 Å². The van der Waals surface area contributed by atoms with Gasteiger partial charge in [-0.25, -0.2) is 9.50 Å². The maximum atomic E-state index is 13.3. The molecule has 1 aliphatic carbocycles. The monoisotopic (exact) mass is 574 g/mol.